The van der Waals surface area contributed by atoms with Gasteiger partial charge in [0.2, 0.25) is 0 Å². The van der Waals surface area contributed by atoms with Crippen molar-refractivity contribution < 1.29 is 21.8 Å². The van der Waals surface area contributed by atoms with Crippen molar-refractivity contribution in [1.29, 1.82) is 0 Å². The van der Waals surface area contributed by atoms with Gasteiger partial charge >= 0.3 is 10.1 Å². The van der Waals surface area contributed by atoms with Crippen LogP contribution < -0.4 is 4.18 Å². The fourth-order valence-corrected chi connectivity index (χ4v) is 2.93. The summed E-state index contributed by atoms with van der Waals surface area (Å²) in [6.07, 6.45) is 1.72. The van der Waals surface area contributed by atoms with E-state index >= 15 is 0 Å². The minimum atomic E-state index is -3.62. The third-order valence-electron chi connectivity index (χ3n) is 3.97. The normalized spacial score (nSPS) is 12.5. The number of carbonyl (C=O) groups excluding carboxylic acids is 1. The summed E-state index contributed by atoms with van der Waals surface area (Å²) in [7, 11) is -3.62. The van der Waals surface area contributed by atoms with Gasteiger partial charge in [-0.1, -0.05) is 19.1 Å². The first kappa shape index (κ1) is 19.9. The first-order valence-corrected chi connectivity index (χ1v) is 10.1. The minimum absolute atomic E-state index is 0.0490. The number of hydrogen-bond donors (Lipinski definition) is 0. The molecule has 2 aromatic rings. The molecule has 26 heavy (non-hydrogen) atoms. The van der Waals surface area contributed by atoms with Gasteiger partial charge in [-0.05, 0) is 55.3 Å². The van der Waals surface area contributed by atoms with Crippen LogP contribution in [0.15, 0.2) is 48.5 Å². The van der Waals surface area contributed by atoms with Gasteiger partial charge in [0, 0.05) is 18.2 Å². The van der Waals surface area contributed by atoms with Gasteiger partial charge in [0.15, 0.2) is 0 Å². The molecular weight excluding hydrogens is 357 g/mol. The van der Waals surface area contributed by atoms with E-state index in [0.29, 0.717) is 5.56 Å². The lowest BCUT2D eigenvalue weighted by Gasteiger charge is -2.29. The highest BCUT2D eigenvalue weighted by atomic mass is 32.2. The second-order valence-electron chi connectivity index (χ2n) is 6.13. The smallest absolute Gasteiger partial charge is 0.306 e. The van der Waals surface area contributed by atoms with Crippen molar-refractivity contribution in [2.75, 3.05) is 6.26 Å². The van der Waals surface area contributed by atoms with E-state index in [-0.39, 0.29) is 24.2 Å². The molecule has 5 nitrogen and oxygen atoms in total. The fraction of sp³-hybridized carbons (Fsp3) is 0.316. The van der Waals surface area contributed by atoms with E-state index in [2.05, 4.69) is 0 Å². The lowest BCUT2D eigenvalue weighted by atomic mass is 10.1. The summed E-state index contributed by atoms with van der Waals surface area (Å²) in [4.78, 5) is 14.5. The molecule has 1 atom stereocenters. The van der Waals surface area contributed by atoms with Crippen molar-refractivity contribution in [3.8, 4) is 5.75 Å². The Morgan fingerprint density at radius 2 is 1.85 bits per heavy atom. The summed E-state index contributed by atoms with van der Waals surface area (Å²) >= 11 is 0. The lowest BCUT2D eigenvalue weighted by Crippen LogP contribution is -2.37. The van der Waals surface area contributed by atoms with Crippen molar-refractivity contribution in [1.82, 2.24) is 4.90 Å². The van der Waals surface area contributed by atoms with Gasteiger partial charge in [-0.25, -0.2) is 4.39 Å². The molecule has 2 rings (SSSR count). The molecule has 1 amide bonds. The third kappa shape index (κ3) is 5.56. The molecule has 0 bridgehead atoms. The highest BCUT2D eigenvalue weighted by molar-refractivity contribution is 7.86. The van der Waals surface area contributed by atoms with Crippen molar-refractivity contribution in [3.05, 3.63) is 65.5 Å². The largest absolute Gasteiger partial charge is 0.383 e. The van der Waals surface area contributed by atoms with Crippen LogP contribution >= 0.6 is 0 Å². The monoisotopic (exact) mass is 379 g/mol. The molecule has 140 valence electrons. The van der Waals surface area contributed by atoms with Crippen LogP contribution in [0.25, 0.3) is 0 Å². The Balaban J connectivity index is 2.27. The van der Waals surface area contributed by atoms with E-state index in [1.54, 1.807) is 29.2 Å². The third-order valence-corrected chi connectivity index (χ3v) is 4.47. The Morgan fingerprint density at radius 1 is 1.19 bits per heavy atom. The van der Waals surface area contributed by atoms with Crippen molar-refractivity contribution in [2.45, 2.75) is 32.9 Å². The van der Waals surface area contributed by atoms with Crippen LogP contribution in [0.3, 0.4) is 0 Å². The van der Waals surface area contributed by atoms with Crippen LogP contribution in [0.1, 0.15) is 36.2 Å². The van der Waals surface area contributed by atoms with Gasteiger partial charge in [0.1, 0.15) is 11.6 Å². The maximum absolute atomic E-state index is 13.1. The van der Waals surface area contributed by atoms with Gasteiger partial charge in [0.05, 0.1) is 6.26 Å². The molecule has 0 fully saturated rings. The van der Waals surface area contributed by atoms with Crippen molar-refractivity contribution in [3.63, 3.8) is 0 Å². The molecule has 0 aliphatic heterocycles. The molecule has 1 unspecified atom stereocenters. The standard InChI is InChI=1S/C19H22FNO4S/c1-4-14(2)21(19(22)16-8-10-17(20)11-9-16)13-15-6-5-7-18(12-15)25-26(3,23)24/h5-12,14H,4,13H2,1-3H3. The summed E-state index contributed by atoms with van der Waals surface area (Å²) in [6, 6.07) is 12.0. The molecule has 0 aromatic heterocycles. The minimum Gasteiger partial charge on any atom is -0.383 e. The summed E-state index contributed by atoms with van der Waals surface area (Å²) in [5.41, 5.74) is 1.14. The Bertz CT molecular complexity index is 865. The van der Waals surface area contributed by atoms with E-state index in [0.717, 1.165) is 18.2 Å². The molecule has 0 radical (unpaired) electrons. The van der Waals surface area contributed by atoms with Crippen molar-refractivity contribution >= 4 is 16.0 Å². The van der Waals surface area contributed by atoms with Gasteiger partial charge in [-0.2, -0.15) is 8.42 Å². The molecule has 0 spiro atoms. The zero-order chi connectivity index (χ0) is 19.3. The molecule has 0 aliphatic carbocycles. The molecule has 0 saturated carbocycles. The fourth-order valence-electron chi connectivity index (χ4n) is 2.47. The van der Waals surface area contributed by atoms with Gasteiger partial charge in [0.25, 0.3) is 5.91 Å². The van der Waals surface area contributed by atoms with Crippen LogP contribution in [-0.4, -0.2) is 31.5 Å². The summed E-state index contributed by atoms with van der Waals surface area (Å²) in [5.74, 6) is -0.417. The van der Waals surface area contributed by atoms with Crippen LogP contribution in [0.5, 0.6) is 5.75 Å². The maximum Gasteiger partial charge on any atom is 0.306 e. The number of carbonyl (C=O) groups is 1. The Hall–Kier alpha value is -2.41. The van der Waals surface area contributed by atoms with Gasteiger partial charge in [-0.3, -0.25) is 4.79 Å². The quantitative estimate of drug-likeness (QED) is 0.690. The Kier molecular flexibility index (Phi) is 6.37. The first-order valence-electron chi connectivity index (χ1n) is 8.24. The van der Waals surface area contributed by atoms with Crippen molar-refractivity contribution in [2.24, 2.45) is 0 Å². The number of benzene rings is 2. The maximum atomic E-state index is 13.1. The molecule has 0 aliphatic rings. The van der Waals surface area contributed by atoms with Crippen LogP contribution in [0.2, 0.25) is 0 Å². The zero-order valence-electron chi connectivity index (χ0n) is 15.0. The van der Waals surface area contributed by atoms with Crippen LogP contribution in [0.4, 0.5) is 4.39 Å². The number of amides is 1. The lowest BCUT2D eigenvalue weighted by molar-refractivity contribution is 0.0671. The highest BCUT2D eigenvalue weighted by Gasteiger charge is 2.21. The topological polar surface area (TPSA) is 63.7 Å². The molecule has 0 heterocycles. The molecule has 0 saturated heterocycles. The molecular formula is C19H22FNO4S. The average Bonchev–Trinajstić information content (AvgIpc) is 2.58. The van der Waals surface area contributed by atoms with E-state index in [9.17, 15) is 17.6 Å². The van der Waals surface area contributed by atoms with E-state index in [1.165, 1.54) is 24.3 Å². The van der Waals surface area contributed by atoms with Gasteiger partial charge < -0.3 is 9.08 Å². The molecule has 7 heteroatoms. The summed E-state index contributed by atoms with van der Waals surface area (Å²) < 4.78 is 40.6. The van der Waals surface area contributed by atoms with Crippen LogP contribution in [0, 0.1) is 5.82 Å². The Labute approximate surface area is 153 Å². The van der Waals surface area contributed by atoms with Gasteiger partial charge in [-0.15, -0.1) is 0 Å². The predicted octanol–water partition coefficient (Wildman–Crippen LogP) is 3.61. The molecule has 0 N–H and O–H groups in total. The summed E-state index contributed by atoms with van der Waals surface area (Å²) in [5, 5.41) is 0. The van der Waals surface area contributed by atoms with E-state index in [1.807, 2.05) is 13.8 Å². The average molecular weight is 379 g/mol. The number of halogens is 1. The van der Waals surface area contributed by atoms with Crippen LogP contribution in [-0.2, 0) is 16.7 Å². The van der Waals surface area contributed by atoms with E-state index < -0.39 is 15.9 Å². The Morgan fingerprint density at radius 3 is 2.42 bits per heavy atom. The predicted molar refractivity (Wildman–Crippen MR) is 97.9 cm³/mol. The SMILES string of the molecule is CCC(C)N(Cc1cccc(OS(C)(=O)=O)c1)C(=O)c1ccc(F)cc1. The first-order chi connectivity index (χ1) is 12.2. The summed E-state index contributed by atoms with van der Waals surface area (Å²) in [6.45, 7) is 4.18. The zero-order valence-corrected chi connectivity index (χ0v) is 15.8. The molecule has 2 aromatic carbocycles. The number of rotatable bonds is 7. The number of nitrogens with zero attached hydrogens (tertiary/aromatic N) is 1. The number of hydrogen-bond acceptors (Lipinski definition) is 4. The second-order valence-corrected chi connectivity index (χ2v) is 7.71. The second kappa shape index (κ2) is 8.31. The highest BCUT2D eigenvalue weighted by Crippen LogP contribution is 2.20. The van der Waals surface area contributed by atoms with E-state index in [4.69, 9.17) is 4.18 Å².